The van der Waals surface area contributed by atoms with E-state index in [4.69, 9.17) is 10.5 Å². The Balaban J connectivity index is 0.00000400. The van der Waals surface area contributed by atoms with Gasteiger partial charge in [0.25, 0.3) is 0 Å². The zero-order valence-corrected chi connectivity index (χ0v) is 14.5. The summed E-state index contributed by atoms with van der Waals surface area (Å²) in [6.07, 6.45) is 2.83. The Morgan fingerprint density at radius 3 is 2.62 bits per heavy atom. The van der Waals surface area contributed by atoms with Crippen LogP contribution in [-0.2, 0) is 9.53 Å². The van der Waals surface area contributed by atoms with Gasteiger partial charge in [-0.15, -0.1) is 12.4 Å². The molecule has 1 amide bonds. The fourth-order valence-electron chi connectivity index (χ4n) is 2.62. The normalized spacial score (nSPS) is 19.7. The predicted molar refractivity (Wildman–Crippen MR) is 88.9 cm³/mol. The lowest BCUT2D eigenvalue weighted by Crippen LogP contribution is -2.43. The zero-order valence-electron chi connectivity index (χ0n) is 13.7. The molecule has 2 atom stereocenters. The first-order valence-electron chi connectivity index (χ1n) is 8.00. The van der Waals surface area contributed by atoms with Crippen LogP contribution in [0.15, 0.2) is 0 Å². The van der Waals surface area contributed by atoms with Gasteiger partial charge in [0.2, 0.25) is 5.91 Å². The number of hydrogen-bond acceptors (Lipinski definition) is 4. The number of likely N-dealkylation sites (tertiary alicyclic amines) is 1. The average Bonchev–Trinajstić information content (AvgIpc) is 2.92. The summed E-state index contributed by atoms with van der Waals surface area (Å²) in [4.78, 5) is 16.3. The van der Waals surface area contributed by atoms with E-state index >= 15 is 0 Å². The van der Waals surface area contributed by atoms with E-state index in [-0.39, 0.29) is 30.5 Å². The summed E-state index contributed by atoms with van der Waals surface area (Å²) in [5, 5.41) is 0. The van der Waals surface area contributed by atoms with Crippen LogP contribution in [0, 0.1) is 0 Å². The van der Waals surface area contributed by atoms with Gasteiger partial charge in [-0.2, -0.15) is 0 Å². The third kappa shape index (κ3) is 6.96. The van der Waals surface area contributed by atoms with Crippen LogP contribution >= 0.6 is 12.4 Å². The number of nitrogens with two attached hydrogens (primary N) is 1. The highest BCUT2D eigenvalue weighted by Gasteiger charge is 2.29. The van der Waals surface area contributed by atoms with Gasteiger partial charge in [-0.3, -0.25) is 4.79 Å². The molecule has 0 saturated carbocycles. The van der Waals surface area contributed by atoms with Crippen LogP contribution < -0.4 is 5.73 Å². The van der Waals surface area contributed by atoms with Gasteiger partial charge < -0.3 is 20.3 Å². The third-order valence-corrected chi connectivity index (χ3v) is 4.03. The molecule has 1 saturated heterocycles. The summed E-state index contributed by atoms with van der Waals surface area (Å²) in [5.74, 6) is 0.0849. The van der Waals surface area contributed by atoms with Crippen LogP contribution in [0.25, 0.3) is 0 Å². The van der Waals surface area contributed by atoms with Gasteiger partial charge in [0.1, 0.15) is 0 Å². The molecular weight excluding hydrogens is 290 g/mol. The minimum Gasteiger partial charge on any atom is -0.375 e. The number of ether oxygens (including phenoxy) is 1. The van der Waals surface area contributed by atoms with Crippen molar-refractivity contribution in [2.45, 2.75) is 52.2 Å². The molecule has 0 aliphatic carbocycles. The van der Waals surface area contributed by atoms with Crippen molar-refractivity contribution in [1.29, 1.82) is 0 Å². The van der Waals surface area contributed by atoms with Crippen molar-refractivity contribution in [3.63, 3.8) is 0 Å². The van der Waals surface area contributed by atoms with E-state index in [1.165, 1.54) is 0 Å². The summed E-state index contributed by atoms with van der Waals surface area (Å²) in [7, 11) is 0. The topological polar surface area (TPSA) is 58.8 Å². The number of amides is 1. The maximum Gasteiger partial charge on any atom is 0.239 e. The highest BCUT2D eigenvalue weighted by molar-refractivity contribution is 5.85. The molecule has 0 aromatic carbocycles. The van der Waals surface area contributed by atoms with E-state index in [0.29, 0.717) is 6.54 Å². The molecular formula is C15H32ClN3O2. The number of carbonyl (C=O) groups is 1. The monoisotopic (exact) mass is 321 g/mol. The van der Waals surface area contributed by atoms with Crippen LogP contribution in [0.2, 0.25) is 0 Å². The second-order valence-electron chi connectivity index (χ2n) is 5.49. The minimum absolute atomic E-state index is 0. The first-order valence-corrected chi connectivity index (χ1v) is 8.00. The predicted octanol–water partition coefficient (Wildman–Crippen LogP) is 1.49. The van der Waals surface area contributed by atoms with E-state index < -0.39 is 0 Å². The van der Waals surface area contributed by atoms with Crippen molar-refractivity contribution in [2.75, 3.05) is 39.3 Å². The van der Waals surface area contributed by atoms with E-state index in [2.05, 4.69) is 25.7 Å². The van der Waals surface area contributed by atoms with Crippen LogP contribution in [-0.4, -0.2) is 67.2 Å². The molecule has 0 radical (unpaired) electrons. The standard InChI is InChI=1S/C15H31N3O2.ClH/c1-4-7-14(16)15(19)18-9-8-13(12-18)20-11-10-17(5-2)6-3;/h13-14H,4-12,16H2,1-3H3;1H. The average molecular weight is 322 g/mol. The quantitative estimate of drug-likeness (QED) is 0.699. The molecule has 0 spiro atoms. The first-order chi connectivity index (χ1) is 9.62. The number of halogens is 1. The number of rotatable bonds is 9. The highest BCUT2D eigenvalue weighted by atomic mass is 35.5. The molecule has 6 heteroatoms. The molecule has 1 rings (SSSR count). The molecule has 1 heterocycles. The highest BCUT2D eigenvalue weighted by Crippen LogP contribution is 2.14. The van der Waals surface area contributed by atoms with Gasteiger partial charge in [0.05, 0.1) is 18.8 Å². The van der Waals surface area contributed by atoms with Crippen LogP contribution in [0.3, 0.4) is 0 Å². The fraction of sp³-hybridized carbons (Fsp3) is 0.933. The Morgan fingerprint density at radius 1 is 1.38 bits per heavy atom. The molecule has 1 fully saturated rings. The second-order valence-corrected chi connectivity index (χ2v) is 5.49. The Labute approximate surface area is 135 Å². The van der Waals surface area contributed by atoms with Crippen molar-refractivity contribution in [3.8, 4) is 0 Å². The van der Waals surface area contributed by atoms with Gasteiger partial charge in [-0.1, -0.05) is 27.2 Å². The molecule has 1 aliphatic rings. The molecule has 2 N–H and O–H groups in total. The van der Waals surface area contributed by atoms with Gasteiger partial charge in [-0.25, -0.2) is 0 Å². The third-order valence-electron chi connectivity index (χ3n) is 4.03. The Morgan fingerprint density at radius 2 is 2.05 bits per heavy atom. The van der Waals surface area contributed by atoms with Crippen molar-refractivity contribution < 1.29 is 9.53 Å². The summed E-state index contributed by atoms with van der Waals surface area (Å²) < 4.78 is 5.88. The van der Waals surface area contributed by atoms with Crippen molar-refractivity contribution >= 4 is 18.3 Å². The van der Waals surface area contributed by atoms with Crippen LogP contribution in [0.1, 0.15) is 40.0 Å². The number of hydrogen-bond donors (Lipinski definition) is 1. The largest absolute Gasteiger partial charge is 0.375 e. The number of nitrogens with zero attached hydrogens (tertiary/aromatic N) is 2. The van der Waals surface area contributed by atoms with Gasteiger partial charge in [-0.05, 0) is 25.9 Å². The molecule has 126 valence electrons. The summed E-state index contributed by atoms with van der Waals surface area (Å²) >= 11 is 0. The second kappa shape index (κ2) is 11.2. The smallest absolute Gasteiger partial charge is 0.239 e. The van der Waals surface area contributed by atoms with Gasteiger partial charge in [0.15, 0.2) is 0 Å². The van der Waals surface area contributed by atoms with Crippen molar-refractivity contribution in [2.24, 2.45) is 5.73 Å². The maximum absolute atomic E-state index is 12.1. The number of carbonyl (C=O) groups excluding carboxylic acids is 1. The summed E-state index contributed by atoms with van der Waals surface area (Å²) in [5.41, 5.74) is 5.89. The molecule has 5 nitrogen and oxygen atoms in total. The van der Waals surface area contributed by atoms with Crippen molar-refractivity contribution in [1.82, 2.24) is 9.80 Å². The molecule has 21 heavy (non-hydrogen) atoms. The zero-order chi connectivity index (χ0) is 15.0. The maximum atomic E-state index is 12.1. The van der Waals surface area contributed by atoms with Gasteiger partial charge in [0, 0.05) is 19.6 Å². The lowest BCUT2D eigenvalue weighted by molar-refractivity contribution is -0.132. The lowest BCUT2D eigenvalue weighted by atomic mass is 10.1. The Hall–Kier alpha value is -0.360. The Kier molecular flexibility index (Phi) is 11.0. The van der Waals surface area contributed by atoms with E-state index in [0.717, 1.165) is 52.0 Å². The first kappa shape index (κ1) is 20.6. The SMILES string of the molecule is CCCC(N)C(=O)N1CCC(OCCN(CC)CC)C1.Cl. The van der Waals surface area contributed by atoms with Gasteiger partial charge >= 0.3 is 0 Å². The van der Waals surface area contributed by atoms with E-state index in [1.54, 1.807) is 0 Å². The summed E-state index contributed by atoms with van der Waals surface area (Å²) in [6.45, 7) is 11.7. The van der Waals surface area contributed by atoms with Crippen molar-refractivity contribution in [3.05, 3.63) is 0 Å². The fourth-order valence-corrected chi connectivity index (χ4v) is 2.62. The lowest BCUT2D eigenvalue weighted by Gasteiger charge is -2.21. The number of likely N-dealkylation sites (N-methyl/N-ethyl adjacent to an activating group) is 1. The Bertz CT molecular complexity index is 288. The molecule has 1 aliphatic heterocycles. The molecule has 0 aromatic heterocycles. The van der Waals surface area contributed by atoms with E-state index in [9.17, 15) is 4.79 Å². The van der Waals surface area contributed by atoms with E-state index in [1.807, 2.05) is 4.90 Å². The van der Waals surface area contributed by atoms with Crippen LogP contribution in [0.5, 0.6) is 0 Å². The molecule has 2 unspecified atom stereocenters. The minimum atomic E-state index is -0.338. The molecule has 0 bridgehead atoms. The molecule has 0 aromatic rings. The summed E-state index contributed by atoms with van der Waals surface area (Å²) in [6, 6.07) is -0.338. The van der Waals surface area contributed by atoms with Crippen LogP contribution in [0.4, 0.5) is 0 Å².